The number of piperazine rings is 1. The van der Waals surface area contributed by atoms with E-state index in [1.807, 2.05) is 0 Å². The van der Waals surface area contributed by atoms with Gasteiger partial charge in [0, 0.05) is 51.2 Å². The summed E-state index contributed by atoms with van der Waals surface area (Å²) in [6.07, 6.45) is 8.31. The van der Waals surface area contributed by atoms with Crippen molar-refractivity contribution in [3.8, 4) is 11.1 Å². The number of carbonyl (C=O) groups is 1. The molecule has 1 N–H and O–H groups in total. The fourth-order valence-corrected chi connectivity index (χ4v) is 6.24. The van der Waals surface area contributed by atoms with Crippen molar-refractivity contribution < 1.29 is 9.53 Å². The van der Waals surface area contributed by atoms with E-state index in [4.69, 9.17) is 9.72 Å². The van der Waals surface area contributed by atoms with Crippen molar-refractivity contribution in [2.24, 2.45) is 11.8 Å². The van der Waals surface area contributed by atoms with E-state index in [0.717, 1.165) is 95.7 Å². The minimum Gasteiger partial charge on any atom is -0.378 e. The number of rotatable bonds is 8. The molecule has 0 spiro atoms. The van der Waals surface area contributed by atoms with Crippen LogP contribution in [0.2, 0.25) is 0 Å². The number of hydrogen-bond donors (Lipinski definition) is 1. The van der Waals surface area contributed by atoms with Crippen LogP contribution >= 0.6 is 0 Å². The molecule has 204 valence electrons. The van der Waals surface area contributed by atoms with Crippen molar-refractivity contribution in [2.45, 2.75) is 51.0 Å². The van der Waals surface area contributed by atoms with Crippen LogP contribution in [0, 0.1) is 11.8 Å². The Morgan fingerprint density at radius 1 is 0.816 bits per heavy atom. The van der Waals surface area contributed by atoms with Gasteiger partial charge in [-0.05, 0) is 80.7 Å². The molecule has 1 aromatic heterocycles. The smallest absolute Gasteiger partial charge is 0.223 e. The molecular weight excluding hydrogens is 474 g/mol. The predicted octanol–water partition coefficient (Wildman–Crippen LogP) is 4.18. The number of nitrogens with zero attached hydrogens (tertiary/aromatic N) is 4. The molecule has 0 radical (unpaired) electrons. The number of nitrogens with one attached hydrogen (secondary N) is 1. The van der Waals surface area contributed by atoms with Crippen LogP contribution in [0.5, 0.6) is 0 Å². The van der Waals surface area contributed by atoms with Gasteiger partial charge in [0.15, 0.2) is 0 Å². The lowest BCUT2D eigenvalue weighted by atomic mass is 9.84. The van der Waals surface area contributed by atoms with Crippen molar-refractivity contribution in [1.82, 2.24) is 15.2 Å². The summed E-state index contributed by atoms with van der Waals surface area (Å²) in [6.45, 7) is 8.74. The Kier molecular flexibility index (Phi) is 8.12. The molecule has 3 heterocycles. The number of amides is 1. The zero-order chi connectivity index (χ0) is 25.7. The Morgan fingerprint density at radius 3 is 2.13 bits per heavy atom. The average molecular weight is 518 g/mol. The molecule has 1 aromatic carbocycles. The largest absolute Gasteiger partial charge is 0.378 e. The van der Waals surface area contributed by atoms with Gasteiger partial charge < -0.3 is 19.9 Å². The van der Waals surface area contributed by atoms with E-state index >= 15 is 0 Å². The molecule has 4 aliphatic rings. The summed E-state index contributed by atoms with van der Waals surface area (Å²) in [6, 6.07) is 15.6. The van der Waals surface area contributed by atoms with Gasteiger partial charge in [-0.15, -0.1) is 0 Å². The van der Waals surface area contributed by atoms with Gasteiger partial charge in [0.05, 0.1) is 13.2 Å². The average Bonchev–Trinajstić information content (AvgIpc) is 3.84. The van der Waals surface area contributed by atoms with Crippen molar-refractivity contribution in [3.05, 3.63) is 42.5 Å². The second-order valence-electron chi connectivity index (χ2n) is 11.7. The summed E-state index contributed by atoms with van der Waals surface area (Å²) >= 11 is 0. The number of ether oxygens (including phenoxy) is 1. The molecule has 0 unspecified atom stereocenters. The minimum absolute atomic E-state index is 0.312. The number of carbonyl (C=O) groups excluding carboxylic acids is 1. The van der Waals surface area contributed by atoms with Crippen LogP contribution in [-0.4, -0.2) is 80.9 Å². The molecule has 0 bridgehead atoms. The molecule has 2 saturated carbocycles. The topological polar surface area (TPSA) is 60.9 Å². The fourth-order valence-electron chi connectivity index (χ4n) is 6.24. The number of pyridine rings is 1. The van der Waals surface area contributed by atoms with Crippen LogP contribution in [0.25, 0.3) is 11.1 Å². The molecule has 6 rings (SSSR count). The maximum absolute atomic E-state index is 12.1. The van der Waals surface area contributed by atoms with Gasteiger partial charge in [0.1, 0.15) is 11.6 Å². The van der Waals surface area contributed by atoms with Crippen molar-refractivity contribution in [1.29, 1.82) is 0 Å². The minimum atomic E-state index is 0.312. The Hall–Kier alpha value is -2.64. The van der Waals surface area contributed by atoms with Gasteiger partial charge in [-0.2, -0.15) is 0 Å². The highest BCUT2D eigenvalue weighted by Crippen LogP contribution is 2.32. The lowest BCUT2D eigenvalue weighted by Crippen LogP contribution is -2.47. The zero-order valence-corrected chi connectivity index (χ0v) is 22.7. The van der Waals surface area contributed by atoms with E-state index in [9.17, 15) is 4.79 Å². The molecule has 7 heteroatoms. The number of aromatic nitrogens is 1. The van der Waals surface area contributed by atoms with Gasteiger partial charge in [-0.25, -0.2) is 4.98 Å². The molecule has 2 aromatic rings. The normalized spacial score (nSPS) is 24.8. The van der Waals surface area contributed by atoms with Gasteiger partial charge >= 0.3 is 0 Å². The van der Waals surface area contributed by atoms with Gasteiger partial charge in [0.2, 0.25) is 5.91 Å². The lowest BCUT2D eigenvalue weighted by Gasteiger charge is -2.37. The van der Waals surface area contributed by atoms with E-state index in [0.29, 0.717) is 17.9 Å². The first kappa shape index (κ1) is 25.6. The van der Waals surface area contributed by atoms with E-state index in [1.54, 1.807) is 0 Å². The summed E-state index contributed by atoms with van der Waals surface area (Å²) < 4.78 is 5.59. The Balaban J connectivity index is 1.02. The van der Waals surface area contributed by atoms with Crippen LogP contribution in [0.1, 0.15) is 44.9 Å². The van der Waals surface area contributed by atoms with Gasteiger partial charge in [0.25, 0.3) is 0 Å². The molecule has 2 aliphatic carbocycles. The molecule has 0 atom stereocenters. The quantitative estimate of drug-likeness (QED) is 0.567. The van der Waals surface area contributed by atoms with Crippen LogP contribution < -0.4 is 15.1 Å². The monoisotopic (exact) mass is 517 g/mol. The summed E-state index contributed by atoms with van der Waals surface area (Å²) in [5.41, 5.74) is 2.48. The third-order valence-electron chi connectivity index (χ3n) is 8.93. The van der Waals surface area contributed by atoms with E-state index in [1.165, 1.54) is 36.9 Å². The SMILES string of the molecule is O=C(N[C@H]1CC[C@H](CCN2CCN(c3cc(-c4ccccc4)cc(N4CCOCC4)n3)CC2)CC1)C1CC1. The maximum Gasteiger partial charge on any atom is 0.223 e. The van der Waals surface area contributed by atoms with Crippen molar-refractivity contribution in [2.75, 3.05) is 68.8 Å². The van der Waals surface area contributed by atoms with Crippen molar-refractivity contribution in [3.63, 3.8) is 0 Å². The second-order valence-corrected chi connectivity index (χ2v) is 11.7. The Labute approximate surface area is 227 Å². The maximum atomic E-state index is 12.1. The fraction of sp³-hybridized carbons (Fsp3) is 0.613. The summed E-state index contributed by atoms with van der Waals surface area (Å²) in [5.74, 6) is 3.61. The lowest BCUT2D eigenvalue weighted by molar-refractivity contribution is -0.123. The first-order chi connectivity index (χ1) is 18.7. The first-order valence-corrected chi connectivity index (χ1v) is 14.9. The number of anilines is 2. The standard InChI is InChI=1S/C31H43N5O2/c37-31(26-8-9-26)32-28-10-6-24(7-11-28)12-13-34-14-16-35(17-15-34)29-22-27(25-4-2-1-3-5-25)23-30(33-29)36-18-20-38-21-19-36/h1-5,22-24,26,28H,6-21H2,(H,32,37)/t24-,28-. The zero-order valence-electron chi connectivity index (χ0n) is 22.7. The van der Waals surface area contributed by atoms with Gasteiger partial charge in [-0.1, -0.05) is 30.3 Å². The number of benzene rings is 1. The third-order valence-corrected chi connectivity index (χ3v) is 8.93. The third kappa shape index (κ3) is 6.49. The van der Waals surface area contributed by atoms with Crippen LogP contribution in [0.4, 0.5) is 11.6 Å². The van der Waals surface area contributed by atoms with Crippen LogP contribution in [0.3, 0.4) is 0 Å². The highest BCUT2D eigenvalue weighted by Gasteiger charge is 2.32. The molecule has 2 aliphatic heterocycles. The predicted molar refractivity (Wildman–Crippen MR) is 153 cm³/mol. The summed E-state index contributed by atoms with van der Waals surface area (Å²) in [7, 11) is 0. The highest BCUT2D eigenvalue weighted by molar-refractivity contribution is 5.81. The first-order valence-electron chi connectivity index (χ1n) is 14.9. The number of morpholine rings is 1. The van der Waals surface area contributed by atoms with Crippen LogP contribution in [0.15, 0.2) is 42.5 Å². The van der Waals surface area contributed by atoms with Gasteiger partial charge in [-0.3, -0.25) is 9.69 Å². The second kappa shape index (κ2) is 12.0. The Bertz CT molecular complexity index is 1050. The molecular formula is C31H43N5O2. The molecule has 4 fully saturated rings. The molecule has 38 heavy (non-hydrogen) atoms. The summed E-state index contributed by atoms with van der Waals surface area (Å²) in [4.78, 5) is 24.7. The van der Waals surface area contributed by atoms with Crippen LogP contribution in [-0.2, 0) is 9.53 Å². The number of hydrogen-bond acceptors (Lipinski definition) is 6. The van der Waals surface area contributed by atoms with Crippen molar-refractivity contribution >= 4 is 17.5 Å². The summed E-state index contributed by atoms with van der Waals surface area (Å²) in [5, 5.41) is 3.30. The highest BCUT2D eigenvalue weighted by atomic mass is 16.5. The van der Waals surface area contributed by atoms with E-state index in [-0.39, 0.29) is 0 Å². The molecule has 1 amide bonds. The molecule has 7 nitrogen and oxygen atoms in total. The molecule has 2 saturated heterocycles. The Morgan fingerprint density at radius 2 is 1.47 bits per heavy atom. The van der Waals surface area contributed by atoms with E-state index < -0.39 is 0 Å². The van der Waals surface area contributed by atoms with E-state index in [2.05, 4.69) is 62.5 Å².